The quantitative estimate of drug-likeness (QED) is 0.166. The van der Waals surface area contributed by atoms with E-state index in [2.05, 4.69) is 19.1 Å². The summed E-state index contributed by atoms with van der Waals surface area (Å²) in [5, 5.41) is 28.8. The van der Waals surface area contributed by atoms with E-state index in [0.717, 1.165) is 12.8 Å². The lowest BCUT2D eigenvalue weighted by Crippen LogP contribution is -2.42. The van der Waals surface area contributed by atoms with Crippen molar-refractivity contribution in [2.45, 2.75) is 134 Å². The standard InChI is InChI=1S/C26H50O5/c1-2-3-4-5-6-7-8-9-10-11-12-13-14-15-16-17-18-19-20-30-24(21-27)26-25(29)23(28)22-31-26/h12-13,23-29H,2-11,14-22H2,1H3/b13-12+/t23-,24+,25-,26-/m0/s1. The summed E-state index contributed by atoms with van der Waals surface area (Å²) in [5.41, 5.74) is 0. The fraction of sp³-hybridized carbons (Fsp3) is 0.923. The minimum atomic E-state index is -0.981. The van der Waals surface area contributed by atoms with Crippen LogP contribution < -0.4 is 0 Å². The molecule has 1 rings (SSSR count). The normalized spacial score (nSPS) is 22.5. The summed E-state index contributed by atoms with van der Waals surface area (Å²) in [5.74, 6) is 0. The fourth-order valence-electron chi connectivity index (χ4n) is 4.14. The van der Waals surface area contributed by atoms with E-state index in [1.807, 2.05) is 0 Å². The van der Waals surface area contributed by atoms with Gasteiger partial charge in [0, 0.05) is 6.61 Å². The molecule has 1 aliphatic heterocycles. The van der Waals surface area contributed by atoms with Crippen LogP contribution in [0.5, 0.6) is 0 Å². The van der Waals surface area contributed by atoms with Gasteiger partial charge in [-0.15, -0.1) is 0 Å². The molecule has 4 atom stereocenters. The van der Waals surface area contributed by atoms with Crippen LogP contribution in [0.2, 0.25) is 0 Å². The summed E-state index contributed by atoms with van der Waals surface area (Å²) in [6, 6.07) is 0. The van der Waals surface area contributed by atoms with Gasteiger partial charge in [-0.3, -0.25) is 0 Å². The molecule has 0 aromatic carbocycles. The van der Waals surface area contributed by atoms with Crippen LogP contribution in [0.4, 0.5) is 0 Å². The van der Waals surface area contributed by atoms with E-state index in [1.165, 1.54) is 89.9 Å². The van der Waals surface area contributed by atoms with Crippen LogP contribution in [-0.4, -0.2) is 59.6 Å². The molecular weight excluding hydrogens is 392 g/mol. The van der Waals surface area contributed by atoms with E-state index in [0.29, 0.717) is 6.61 Å². The summed E-state index contributed by atoms with van der Waals surface area (Å²) < 4.78 is 11.0. The van der Waals surface area contributed by atoms with E-state index < -0.39 is 24.4 Å². The van der Waals surface area contributed by atoms with Gasteiger partial charge in [-0.05, 0) is 32.1 Å². The Hall–Kier alpha value is -0.460. The number of hydrogen-bond donors (Lipinski definition) is 3. The molecule has 1 saturated heterocycles. The molecule has 31 heavy (non-hydrogen) atoms. The molecule has 0 aliphatic carbocycles. The summed E-state index contributed by atoms with van der Waals surface area (Å²) in [6.45, 7) is 2.71. The average Bonchev–Trinajstić information content (AvgIpc) is 3.11. The van der Waals surface area contributed by atoms with Crippen LogP contribution in [0.1, 0.15) is 110 Å². The Kier molecular flexibility index (Phi) is 18.6. The molecule has 1 aliphatic rings. The van der Waals surface area contributed by atoms with E-state index in [1.54, 1.807) is 0 Å². The topological polar surface area (TPSA) is 79.2 Å². The van der Waals surface area contributed by atoms with E-state index in [4.69, 9.17) is 9.47 Å². The molecule has 5 heteroatoms. The molecule has 0 bridgehead atoms. The largest absolute Gasteiger partial charge is 0.394 e. The SMILES string of the molecule is CCCCCCCCCCC/C=C/CCCCCCCO[C@H](CO)[C@@H]1OC[C@H](O)[C@@H]1O. The first-order chi connectivity index (χ1) is 15.2. The summed E-state index contributed by atoms with van der Waals surface area (Å²) in [6.07, 6.45) is 22.3. The van der Waals surface area contributed by atoms with Crippen molar-refractivity contribution < 1.29 is 24.8 Å². The van der Waals surface area contributed by atoms with Crippen LogP contribution in [0.25, 0.3) is 0 Å². The maximum absolute atomic E-state index is 9.85. The monoisotopic (exact) mass is 442 g/mol. The van der Waals surface area contributed by atoms with Crippen LogP contribution in [0.15, 0.2) is 12.2 Å². The van der Waals surface area contributed by atoms with Gasteiger partial charge in [-0.1, -0.05) is 89.7 Å². The van der Waals surface area contributed by atoms with Gasteiger partial charge in [0.2, 0.25) is 0 Å². The first-order valence-electron chi connectivity index (χ1n) is 13.1. The molecule has 0 radical (unpaired) electrons. The Morgan fingerprint density at radius 2 is 1.32 bits per heavy atom. The van der Waals surface area contributed by atoms with E-state index >= 15 is 0 Å². The Morgan fingerprint density at radius 1 is 0.806 bits per heavy atom. The van der Waals surface area contributed by atoms with Gasteiger partial charge < -0.3 is 24.8 Å². The Morgan fingerprint density at radius 3 is 1.81 bits per heavy atom. The van der Waals surface area contributed by atoms with Crippen molar-refractivity contribution in [3.63, 3.8) is 0 Å². The number of unbranched alkanes of at least 4 members (excludes halogenated alkanes) is 14. The number of allylic oxidation sites excluding steroid dienone is 2. The molecule has 1 fully saturated rings. The molecule has 1 heterocycles. The van der Waals surface area contributed by atoms with Gasteiger partial charge in [0.15, 0.2) is 0 Å². The minimum Gasteiger partial charge on any atom is -0.394 e. The van der Waals surface area contributed by atoms with Crippen molar-refractivity contribution in [3.8, 4) is 0 Å². The highest BCUT2D eigenvalue weighted by Crippen LogP contribution is 2.20. The van der Waals surface area contributed by atoms with E-state index in [-0.39, 0.29) is 13.2 Å². The smallest absolute Gasteiger partial charge is 0.114 e. The van der Waals surface area contributed by atoms with Crippen molar-refractivity contribution in [1.82, 2.24) is 0 Å². The molecule has 5 nitrogen and oxygen atoms in total. The molecule has 0 amide bonds. The molecule has 0 unspecified atom stereocenters. The maximum Gasteiger partial charge on any atom is 0.114 e. The molecule has 0 aromatic heterocycles. The summed E-state index contributed by atoms with van der Waals surface area (Å²) in [4.78, 5) is 0. The zero-order valence-corrected chi connectivity index (χ0v) is 20.1. The lowest BCUT2D eigenvalue weighted by atomic mass is 10.1. The predicted octanol–water partition coefficient (Wildman–Crippen LogP) is 5.30. The highest BCUT2D eigenvalue weighted by atomic mass is 16.6. The molecule has 0 saturated carbocycles. The van der Waals surface area contributed by atoms with Crippen LogP contribution >= 0.6 is 0 Å². The lowest BCUT2D eigenvalue weighted by Gasteiger charge is -2.24. The van der Waals surface area contributed by atoms with Crippen molar-refractivity contribution in [2.75, 3.05) is 19.8 Å². The second-order valence-electron chi connectivity index (χ2n) is 9.09. The number of ether oxygens (including phenoxy) is 2. The van der Waals surface area contributed by atoms with Crippen LogP contribution in [-0.2, 0) is 9.47 Å². The van der Waals surface area contributed by atoms with Crippen molar-refractivity contribution >= 4 is 0 Å². The van der Waals surface area contributed by atoms with Crippen molar-refractivity contribution in [3.05, 3.63) is 12.2 Å². The first kappa shape index (κ1) is 28.6. The second kappa shape index (κ2) is 20.2. The van der Waals surface area contributed by atoms with E-state index in [9.17, 15) is 15.3 Å². The van der Waals surface area contributed by atoms with Crippen LogP contribution in [0.3, 0.4) is 0 Å². The molecule has 0 aromatic rings. The summed E-state index contributed by atoms with van der Waals surface area (Å²) >= 11 is 0. The third kappa shape index (κ3) is 14.3. The number of rotatable bonds is 21. The zero-order chi connectivity index (χ0) is 22.6. The highest BCUT2D eigenvalue weighted by molar-refractivity contribution is 4.88. The lowest BCUT2D eigenvalue weighted by molar-refractivity contribution is -0.101. The van der Waals surface area contributed by atoms with Gasteiger partial charge in [-0.25, -0.2) is 0 Å². The minimum absolute atomic E-state index is 0.0966. The second-order valence-corrected chi connectivity index (χ2v) is 9.09. The van der Waals surface area contributed by atoms with Crippen molar-refractivity contribution in [2.24, 2.45) is 0 Å². The van der Waals surface area contributed by atoms with Crippen LogP contribution in [0, 0.1) is 0 Å². The molecule has 0 spiro atoms. The molecule has 3 N–H and O–H groups in total. The predicted molar refractivity (Wildman–Crippen MR) is 127 cm³/mol. The Balaban J connectivity index is 1.83. The number of aliphatic hydroxyl groups is 3. The fourth-order valence-corrected chi connectivity index (χ4v) is 4.14. The Labute approximate surface area is 191 Å². The van der Waals surface area contributed by atoms with Gasteiger partial charge in [0.05, 0.1) is 13.2 Å². The van der Waals surface area contributed by atoms with Gasteiger partial charge in [0.25, 0.3) is 0 Å². The van der Waals surface area contributed by atoms with Gasteiger partial charge in [0.1, 0.15) is 24.4 Å². The van der Waals surface area contributed by atoms with Gasteiger partial charge >= 0.3 is 0 Å². The number of hydrogen-bond acceptors (Lipinski definition) is 5. The third-order valence-corrected chi connectivity index (χ3v) is 6.22. The Bertz CT molecular complexity index is 415. The van der Waals surface area contributed by atoms with Gasteiger partial charge in [-0.2, -0.15) is 0 Å². The first-order valence-corrected chi connectivity index (χ1v) is 13.1. The number of aliphatic hydroxyl groups excluding tert-OH is 3. The van der Waals surface area contributed by atoms with Crippen molar-refractivity contribution in [1.29, 1.82) is 0 Å². The highest BCUT2D eigenvalue weighted by Gasteiger charge is 2.40. The molecule has 184 valence electrons. The zero-order valence-electron chi connectivity index (χ0n) is 20.1. The summed E-state index contributed by atoms with van der Waals surface area (Å²) in [7, 11) is 0. The average molecular weight is 443 g/mol. The third-order valence-electron chi connectivity index (χ3n) is 6.22. The molecular formula is C26H50O5. The maximum atomic E-state index is 9.85.